The van der Waals surface area contributed by atoms with E-state index in [1.807, 2.05) is 13.0 Å². The molecule has 0 atom stereocenters. The molecule has 4 rings (SSSR count). The number of fused-ring (bicyclic) bond motifs is 1. The minimum Gasteiger partial charge on any atom is -0.465 e. The number of ether oxygens (including phenoxy) is 3. The molecule has 0 unspecified atom stereocenters. The van der Waals surface area contributed by atoms with Crippen LogP contribution in [0.15, 0.2) is 53.2 Å². The second-order valence-corrected chi connectivity index (χ2v) is 7.10. The second kappa shape index (κ2) is 7.29. The summed E-state index contributed by atoms with van der Waals surface area (Å²) in [6.07, 6.45) is 1.65. The van der Waals surface area contributed by atoms with E-state index in [0.29, 0.717) is 33.5 Å². The number of carbonyl (C=O) groups is 2. The average Bonchev–Trinajstić information content (AvgIpc) is 3.26. The van der Waals surface area contributed by atoms with Crippen LogP contribution in [-0.4, -0.2) is 25.8 Å². The highest BCUT2D eigenvalue weighted by Gasteiger charge is 2.38. The van der Waals surface area contributed by atoms with Gasteiger partial charge in [0.2, 0.25) is 6.79 Å². The van der Waals surface area contributed by atoms with Crippen molar-refractivity contribution < 1.29 is 23.8 Å². The van der Waals surface area contributed by atoms with Crippen molar-refractivity contribution in [2.75, 3.05) is 18.8 Å². The molecule has 2 aromatic rings. The van der Waals surface area contributed by atoms with E-state index in [-0.39, 0.29) is 23.8 Å². The Balaban J connectivity index is 1.82. The van der Waals surface area contributed by atoms with Gasteiger partial charge in [0.25, 0.3) is 5.91 Å². The third-order valence-corrected chi connectivity index (χ3v) is 5.32. The molecular formula is C22H18ClNO5. The van der Waals surface area contributed by atoms with Crippen LogP contribution in [0.2, 0.25) is 5.02 Å². The summed E-state index contributed by atoms with van der Waals surface area (Å²) >= 11 is 6.25. The number of nitrogens with zero attached hydrogens (tertiary/aromatic N) is 1. The van der Waals surface area contributed by atoms with Crippen LogP contribution in [0, 0.1) is 6.92 Å². The number of hydrogen-bond acceptors (Lipinski definition) is 5. The van der Waals surface area contributed by atoms with Crippen molar-refractivity contribution in [3.63, 3.8) is 0 Å². The van der Waals surface area contributed by atoms with E-state index in [0.717, 1.165) is 5.56 Å². The maximum Gasteiger partial charge on any atom is 0.340 e. The van der Waals surface area contributed by atoms with Crippen LogP contribution in [0.25, 0.3) is 6.08 Å². The number of methoxy groups -OCH3 is 1. The van der Waals surface area contributed by atoms with Crippen molar-refractivity contribution in [3.8, 4) is 11.5 Å². The Bertz CT molecular complexity index is 1100. The molecule has 0 N–H and O–H groups in total. The van der Waals surface area contributed by atoms with E-state index in [4.69, 9.17) is 25.8 Å². The number of aryl methyl sites for hydroxylation is 1. The zero-order valence-corrected chi connectivity index (χ0v) is 16.9. The van der Waals surface area contributed by atoms with Gasteiger partial charge in [-0.2, -0.15) is 0 Å². The van der Waals surface area contributed by atoms with Gasteiger partial charge in [0.05, 0.1) is 23.9 Å². The molecule has 148 valence electrons. The Labute approximate surface area is 172 Å². The molecule has 2 aliphatic rings. The van der Waals surface area contributed by atoms with Crippen molar-refractivity contribution in [3.05, 3.63) is 69.4 Å². The summed E-state index contributed by atoms with van der Waals surface area (Å²) in [5.74, 6) is 0.317. The molecule has 0 fully saturated rings. The fourth-order valence-electron chi connectivity index (χ4n) is 3.38. The van der Waals surface area contributed by atoms with Crippen LogP contribution in [0.4, 0.5) is 5.69 Å². The molecule has 7 heteroatoms. The number of benzene rings is 2. The van der Waals surface area contributed by atoms with Gasteiger partial charge in [-0.1, -0.05) is 23.7 Å². The molecule has 0 saturated heterocycles. The predicted molar refractivity (Wildman–Crippen MR) is 109 cm³/mol. The zero-order valence-electron chi connectivity index (χ0n) is 16.1. The number of allylic oxidation sites excluding steroid dienone is 1. The van der Waals surface area contributed by atoms with E-state index in [9.17, 15) is 9.59 Å². The van der Waals surface area contributed by atoms with E-state index in [1.54, 1.807) is 43.3 Å². The number of carbonyl (C=O) groups excluding carboxylic acids is 2. The first-order chi connectivity index (χ1) is 13.9. The molecule has 0 radical (unpaired) electrons. The number of amides is 1. The summed E-state index contributed by atoms with van der Waals surface area (Å²) in [7, 11) is 1.29. The van der Waals surface area contributed by atoms with Crippen molar-refractivity contribution in [2.45, 2.75) is 13.8 Å². The molecule has 0 saturated carbocycles. The molecule has 2 heterocycles. The molecule has 2 aliphatic heterocycles. The Morgan fingerprint density at radius 3 is 2.62 bits per heavy atom. The van der Waals surface area contributed by atoms with Gasteiger partial charge in [0, 0.05) is 10.7 Å². The van der Waals surface area contributed by atoms with E-state index < -0.39 is 5.97 Å². The summed E-state index contributed by atoms with van der Waals surface area (Å²) in [6, 6.07) is 10.6. The number of hydrogen-bond donors (Lipinski definition) is 0. The van der Waals surface area contributed by atoms with Gasteiger partial charge in [0.1, 0.15) is 0 Å². The summed E-state index contributed by atoms with van der Waals surface area (Å²) in [4.78, 5) is 27.2. The number of esters is 1. The Kier molecular flexibility index (Phi) is 4.80. The minimum atomic E-state index is -0.580. The van der Waals surface area contributed by atoms with Gasteiger partial charge in [-0.15, -0.1) is 0 Å². The minimum absolute atomic E-state index is 0.155. The highest BCUT2D eigenvalue weighted by atomic mass is 35.5. The lowest BCUT2D eigenvalue weighted by atomic mass is 10.0. The number of halogens is 1. The van der Waals surface area contributed by atoms with Crippen LogP contribution in [0.5, 0.6) is 11.5 Å². The van der Waals surface area contributed by atoms with Crippen molar-refractivity contribution in [1.82, 2.24) is 0 Å². The van der Waals surface area contributed by atoms with E-state index in [1.165, 1.54) is 12.0 Å². The maximum absolute atomic E-state index is 13.3. The molecule has 1 amide bonds. The topological polar surface area (TPSA) is 65.1 Å². The van der Waals surface area contributed by atoms with Gasteiger partial charge in [0.15, 0.2) is 11.5 Å². The standard InChI is InChI=1S/C22H18ClNO5/c1-12-4-6-15(10-17(12)23)24-13(2)20(22(26)27-3)16(21(24)25)8-14-5-7-18-19(9-14)29-11-28-18/h4-10H,11H2,1-3H3/b16-8-. The first kappa shape index (κ1) is 19.1. The normalized spacial score (nSPS) is 16.8. The van der Waals surface area contributed by atoms with Gasteiger partial charge in [-0.05, 0) is 55.3 Å². The Hall–Kier alpha value is -3.25. The average molecular weight is 412 g/mol. The van der Waals surface area contributed by atoms with Gasteiger partial charge < -0.3 is 14.2 Å². The molecule has 0 aliphatic carbocycles. The van der Waals surface area contributed by atoms with Crippen molar-refractivity contribution in [1.29, 1.82) is 0 Å². The largest absolute Gasteiger partial charge is 0.465 e. The summed E-state index contributed by atoms with van der Waals surface area (Å²) in [5.41, 5.74) is 3.12. The lowest BCUT2D eigenvalue weighted by molar-refractivity contribution is -0.136. The first-order valence-corrected chi connectivity index (χ1v) is 9.30. The fraction of sp³-hybridized carbons (Fsp3) is 0.182. The molecule has 29 heavy (non-hydrogen) atoms. The van der Waals surface area contributed by atoms with Gasteiger partial charge in [-0.25, -0.2) is 4.79 Å². The van der Waals surface area contributed by atoms with Crippen LogP contribution < -0.4 is 14.4 Å². The predicted octanol–water partition coefficient (Wildman–Crippen LogP) is 4.25. The lowest BCUT2D eigenvalue weighted by Gasteiger charge is -2.18. The summed E-state index contributed by atoms with van der Waals surface area (Å²) < 4.78 is 15.7. The SMILES string of the molecule is COC(=O)C1=C(C)N(c2ccc(C)c(Cl)c2)C(=O)/C1=C\c1ccc2c(c1)OCO2. The molecule has 0 aromatic heterocycles. The third kappa shape index (κ3) is 3.25. The Morgan fingerprint density at radius 1 is 1.14 bits per heavy atom. The monoisotopic (exact) mass is 411 g/mol. The molecule has 2 aromatic carbocycles. The number of rotatable bonds is 3. The van der Waals surface area contributed by atoms with Gasteiger partial charge in [-0.3, -0.25) is 9.69 Å². The van der Waals surface area contributed by atoms with E-state index in [2.05, 4.69) is 0 Å². The molecule has 0 bridgehead atoms. The zero-order chi connectivity index (χ0) is 20.7. The number of anilines is 1. The lowest BCUT2D eigenvalue weighted by Crippen LogP contribution is -2.24. The summed E-state index contributed by atoms with van der Waals surface area (Å²) in [6.45, 7) is 3.74. The molecular weight excluding hydrogens is 394 g/mol. The van der Waals surface area contributed by atoms with Crippen molar-refractivity contribution >= 4 is 35.2 Å². The van der Waals surface area contributed by atoms with Gasteiger partial charge >= 0.3 is 5.97 Å². The Morgan fingerprint density at radius 2 is 1.90 bits per heavy atom. The second-order valence-electron chi connectivity index (χ2n) is 6.70. The third-order valence-electron chi connectivity index (χ3n) is 4.91. The molecule has 0 spiro atoms. The van der Waals surface area contributed by atoms with Crippen LogP contribution in [0.3, 0.4) is 0 Å². The molecule has 6 nitrogen and oxygen atoms in total. The van der Waals surface area contributed by atoms with E-state index >= 15 is 0 Å². The van der Waals surface area contributed by atoms with Crippen LogP contribution in [0.1, 0.15) is 18.1 Å². The van der Waals surface area contributed by atoms with Crippen LogP contribution in [-0.2, 0) is 14.3 Å². The van der Waals surface area contributed by atoms with Crippen molar-refractivity contribution in [2.24, 2.45) is 0 Å². The first-order valence-electron chi connectivity index (χ1n) is 8.92. The van der Waals surface area contributed by atoms with Crippen LogP contribution >= 0.6 is 11.6 Å². The summed E-state index contributed by atoms with van der Waals surface area (Å²) in [5, 5.41) is 0.538. The smallest absolute Gasteiger partial charge is 0.340 e. The maximum atomic E-state index is 13.3. The highest BCUT2D eigenvalue weighted by Crippen LogP contribution is 2.38. The fourth-order valence-corrected chi connectivity index (χ4v) is 3.56. The highest BCUT2D eigenvalue weighted by molar-refractivity contribution is 6.32. The quantitative estimate of drug-likeness (QED) is 0.558.